The Morgan fingerprint density at radius 3 is 2.34 bits per heavy atom. The van der Waals surface area contributed by atoms with Crippen LogP contribution in [0.5, 0.6) is 5.75 Å². The Balaban J connectivity index is 2.29. The van der Waals surface area contributed by atoms with Crippen molar-refractivity contribution in [3.63, 3.8) is 0 Å². The van der Waals surface area contributed by atoms with E-state index in [0.717, 1.165) is 27.8 Å². The SMILES string of the molecule is CCOC(=O)/C=C(C)/C=C/C=C(C)/C=C/c1c(C)c(C)c(OC)c2ccccc12. The zero-order valence-corrected chi connectivity index (χ0v) is 18.2. The Morgan fingerprint density at radius 1 is 1.00 bits per heavy atom. The predicted molar refractivity (Wildman–Crippen MR) is 122 cm³/mol. The molecule has 2 aromatic carbocycles. The molecule has 29 heavy (non-hydrogen) atoms. The zero-order valence-electron chi connectivity index (χ0n) is 18.2. The molecule has 0 radical (unpaired) electrons. The average molecular weight is 391 g/mol. The highest BCUT2D eigenvalue weighted by Gasteiger charge is 2.12. The molecule has 2 rings (SSSR count). The summed E-state index contributed by atoms with van der Waals surface area (Å²) >= 11 is 0. The van der Waals surface area contributed by atoms with Crippen LogP contribution >= 0.6 is 0 Å². The van der Waals surface area contributed by atoms with Crippen molar-refractivity contribution < 1.29 is 14.3 Å². The molecule has 0 saturated carbocycles. The third kappa shape index (κ3) is 5.71. The van der Waals surface area contributed by atoms with Gasteiger partial charge in [0, 0.05) is 11.5 Å². The van der Waals surface area contributed by atoms with Crippen LogP contribution in [-0.2, 0) is 9.53 Å². The van der Waals surface area contributed by atoms with Gasteiger partial charge < -0.3 is 9.47 Å². The normalized spacial score (nSPS) is 12.9. The van der Waals surface area contributed by atoms with E-state index in [9.17, 15) is 4.79 Å². The number of hydrogen-bond acceptors (Lipinski definition) is 3. The van der Waals surface area contributed by atoms with Gasteiger partial charge in [-0.05, 0) is 62.3 Å². The van der Waals surface area contributed by atoms with E-state index in [-0.39, 0.29) is 5.97 Å². The van der Waals surface area contributed by atoms with Gasteiger partial charge in [-0.25, -0.2) is 4.79 Å². The Kier molecular flexibility index (Phi) is 8.02. The molecule has 2 aromatic rings. The van der Waals surface area contributed by atoms with E-state index in [2.05, 4.69) is 51.1 Å². The minimum absolute atomic E-state index is 0.313. The molecule has 0 heterocycles. The summed E-state index contributed by atoms with van der Waals surface area (Å²) in [5.41, 5.74) is 5.54. The third-order valence-corrected chi connectivity index (χ3v) is 4.84. The first-order chi connectivity index (χ1) is 13.9. The summed E-state index contributed by atoms with van der Waals surface area (Å²) in [6.45, 7) is 10.3. The van der Waals surface area contributed by atoms with Crippen LogP contribution in [0.25, 0.3) is 16.8 Å². The largest absolute Gasteiger partial charge is 0.496 e. The molecule has 0 aromatic heterocycles. The lowest BCUT2D eigenvalue weighted by atomic mass is 9.93. The highest BCUT2D eigenvalue weighted by Crippen LogP contribution is 2.36. The first-order valence-electron chi connectivity index (χ1n) is 9.83. The maximum Gasteiger partial charge on any atom is 0.330 e. The lowest BCUT2D eigenvalue weighted by molar-refractivity contribution is -0.137. The first-order valence-corrected chi connectivity index (χ1v) is 9.83. The lowest BCUT2D eigenvalue weighted by Crippen LogP contribution is -1.99. The van der Waals surface area contributed by atoms with Crippen LogP contribution in [0.4, 0.5) is 0 Å². The van der Waals surface area contributed by atoms with Crippen LogP contribution in [-0.4, -0.2) is 19.7 Å². The van der Waals surface area contributed by atoms with E-state index in [1.165, 1.54) is 22.6 Å². The number of ether oxygens (including phenoxy) is 2. The van der Waals surface area contributed by atoms with Crippen molar-refractivity contribution in [1.82, 2.24) is 0 Å². The summed E-state index contributed by atoms with van der Waals surface area (Å²) in [7, 11) is 1.72. The molecule has 3 heteroatoms. The molecule has 0 aliphatic rings. The second kappa shape index (κ2) is 10.5. The molecule has 152 valence electrons. The number of carbonyl (C=O) groups excluding carboxylic acids is 1. The maximum atomic E-state index is 11.5. The standard InChI is InChI=1S/C26H30O3/c1-7-29-25(27)17-19(3)12-10-11-18(2)15-16-22-20(4)21(5)26(28-6)24-14-9-8-13-23(22)24/h8-17H,7H2,1-6H3/b12-10+,16-15+,18-11+,19-17+. The fourth-order valence-electron chi connectivity index (χ4n) is 3.21. The van der Waals surface area contributed by atoms with Gasteiger partial charge in [-0.2, -0.15) is 0 Å². The minimum atomic E-state index is -0.313. The molecule has 0 N–H and O–H groups in total. The number of methoxy groups -OCH3 is 1. The Bertz CT molecular complexity index is 1000. The Labute approximate surface area is 174 Å². The van der Waals surface area contributed by atoms with Gasteiger partial charge in [0.1, 0.15) is 5.75 Å². The number of allylic oxidation sites excluding steroid dienone is 6. The highest BCUT2D eigenvalue weighted by molar-refractivity contribution is 5.97. The van der Waals surface area contributed by atoms with Gasteiger partial charge >= 0.3 is 5.97 Å². The van der Waals surface area contributed by atoms with Gasteiger partial charge in [-0.15, -0.1) is 0 Å². The highest BCUT2D eigenvalue weighted by atomic mass is 16.5. The molecule has 0 amide bonds. The van der Waals surface area contributed by atoms with Crippen LogP contribution in [0, 0.1) is 13.8 Å². The molecular formula is C26H30O3. The maximum absolute atomic E-state index is 11.5. The quantitative estimate of drug-likeness (QED) is 0.308. The third-order valence-electron chi connectivity index (χ3n) is 4.84. The van der Waals surface area contributed by atoms with Gasteiger partial charge in [-0.3, -0.25) is 0 Å². The van der Waals surface area contributed by atoms with E-state index in [1.54, 1.807) is 14.0 Å². The van der Waals surface area contributed by atoms with Crippen molar-refractivity contribution in [3.05, 3.63) is 82.5 Å². The number of esters is 1. The monoisotopic (exact) mass is 390 g/mol. The summed E-state index contributed by atoms with van der Waals surface area (Å²) in [5, 5.41) is 2.30. The van der Waals surface area contributed by atoms with Crippen LogP contribution < -0.4 is 4.74 Å². The van der Waals surface area contributed by atoms with E-state index < -0.39 is 0 Å². The molecular weight excluding hydrogens is 360 g/mol. The number of rotatable bonds is 7. The van der Waals surface area contributed by atoms with Crippen molar-refractivity contribution >= 4 is 22.8 Å². The smallest absolute Gasteiger partial charge is 0.330 e. The minimum Gasteiger partial charge on any atom is -0.496 e. The topological polar surface area (TPSA) is 35.5 Å². The molecule has 0 spiro atoms. The summed E-state index contributed by atoms with van der Waals surface area (Å²) < 4.78 is 10.6. The van der Waals surface area contributed by atoms with Gasteiger partial charge in [0.2, 0.25) is 0 Å². The number of fused-ring (bicyclic) bond motifs is 1. The van der Waals surface area contributed by atoms with Crippen molar-refractivity contribution in [1.29, 1.82) is 0 Å². The summed E-state index contributed by atoms with van der Waals surface area (Å²) in [5.74, 6) is 0.627. The molecule has 0 saturated heterocycles. The molecule has 0 atom stereocenters. The van der Waals surface area contributed by atoms with Crippen molar-refractivity contribution in [2.45, 2.75) is 34.6 Å². The lowest BCUT2D eigenvalue weighted by Gasteiger charge is -2.15. The van der Waals surface area contributed by atoms with Crippen molar-refractivity contribution in [2.24, 2.45) is 0 Å². The second-order valence-electron chi connectivity index (χ2n) is 6.99. The van der Waals surface area contributed by atoms with Gasteiger partial charge in [-0.1, -0.05) is 60.2 Å². The van der Waals surface area contributed by atoms with E-state index in [4.69, 9.17) is 9.47 Å². The van der Waals surface area contributed by atoms with Gasteiger partial charge in [0.15, 0.2) is 0 Å². The molecule has 0 aliphatic carbocycles. The first kappa shape index (κ1) is 22.2. The summed E-state index contributed by atoms with van der Waals surface area (Å²) in [6, 6.07) is 8.32. The average Bonchev–Trinajstić information content (AvgIpc) is 2.68. The van der Waals surface area contributed by atoms with Crippen LogP contribution in [0.15, 0.2) is 65.8 Å². The number of carbonyl (C=O) groups is 1. The molecule has 0 fully saturated rings. The molecule has 0 unspecified atom stereocenters. The fourth-order valence-corrected chi connectivity index (χ4v) is 3.21. The number of benzene rings is 2. The number of hydrogen-bond donors (Lipinski definition) is 0. The van der Waals surface area contributed by atoms with Gasteiger partial charge in [0.25, 0.3) is 0 Å². The van der Waals surface area contributed by atoms with E-state index >= 15 is 0 Å². The van der Waals surface area contributed by atoms with Crippen molar-refractivity contribution in [3.8, 4) is 5.75 Å². The van der Waals surface area contributed by atoms with Crippen molar-refractivity contribution in [2.75, 3.05) is 13.7 Å². The Morgan fingerprint density at radius 2 is 1.69 bits per heavy atom. The van der Waals surface area contributed by atoms with Crippen LogP contribution in [0.1, 0.15) is 37.5 Å². The van der Waals surface area contributed by atoms with E-state index in [1.807, 2.05) is 31.2 Å². The summed E-state index contributed by atoms with van der Waals surface area (Å²) in [4.78, 5) is 11.5. The fraction of sp³-hybridized carbons (Fsp3) is 0.269. The summed E-state index contributed by atoms with van der Waals surface area (Å²) in [6.07, 6.45) is 11.6. The predicted octanol–water partition coefficient (Wildman–Crippen LogP) is 6.49. The van der Waals surface area contributed by atoms with Crippen LogP contribution in [0.3, 0.4) is 0 Å². The Hall–Kier alpha value is -3.07. The van der Waals surface area contributed by atoms with E-state index in [0.29, 0.717) is 6.61 Å². The molecule has 3 nitrogen and oxygen atoms in total. The molecule has 0 bridgehead atoms. The van der Waals surface area contributed by atoms with Gasteiger partial charge in [0.05, 0.1) is 13.7 Å². The zero-order chi connectivity index (χ0) is 21.4. The molecule has 0 aliphatic heterocycles. The second-order valence-corrected chi connectivity index (χ2v) is 6.99. The van der Waals surface area contributed by atoms with Crippen LogP contribution in [0.2, 0.25) is 0 Å².